The van der Waals surface area contributed by atoms with Crippen LogP contribution in [0.4, 0.5) is 5.69 Å². The minimum Gasteiger partial charge on any atom is -0.497 e. The monoisotopic (exact) mass is 482 g/mol. The summed E-state index contributed by atoms with van der Waals surface area (Å²) in [7, 11) is -2.50. The van der Waals surface area contributed by atoms with Crippen LogP contribution in [-0.2, 0) is 14.8 Å². The third kappa shape index (κ3) is 6.51. The van der Waals surface area contributed by atoms with Crippen LogP contribution in [0.25, 0.3) is 0 Å². The molecule has 8 heteroatoms. The van der Waals surface area contributed by atoms with Crippen molar-refractivity contribution in [2.24, 2.45) is 0 Å². The van der Waals surface area contributed by atoms with Gasteiger partial charge in [0.15, 0.2) is 0 Å². The predicted octanol–water partition coefficient (Wildman–Crippen LogP) is 4.09. The minimum absolute atomic E-state index is 0.101. The number of ether oxygens (including phenoxy) is 2. The molecule has 34 heavy (non-hydrogen) atoms. The van der Waals surface area contributed by atoms with Crippen molar-refractivity contribution in [1.82, 2.24) is 5.32 Å². The fraction of sp³-hybridized carbons (Fsp3) is 0.269. The second kappa shape index (κ2) is 11.1. The maximum absolute atomic E-state index is 13.5. The standard InChI is InChI=1S/C26H30N2O5S/c1-19-8-12-23(13-9-19)33-18-21(3)27-26(29)17-28(22-6-5-7-24(16-22)32-4)34(30,31)25-14-10-20(2)11-15-25/h5-16,21H,17-18H2,1-4H3,(H,27,29). The van der Waals surface area contributed by atoms with Gasteiger partial charge in [-0.15, -0.1) is 0 Å². The molecule has 0 fully saturated rings. The van der Waals surface area contributed by atoms with Gasteiger partial charge in [-0.2, -0.15) is 0 Å². The van der Waals surface area contributed by atoms with E-state index in [1.165, 1.54) is 19.2 Å². The zero-order valence-electron chi connectivity index (χ0n) is 19.8. The summed E-state index contributed by atoms with van der Waals surface area (Å²) in [4.78, 5) is 13.0. The number of carbonyl (C=O) groups excluding carboxylic acids is 1. The van der Waals surface area contributed by atoms with E-state index in [-0.39, 0.29) is 17.5 Å². The van der Waals surface area contributed by atoms with Gasteiger partial charge in [0.05, 0.1) is 23.7 Å². The smallest absolute Gasteiger partial charge is 0.264 e. The van der Waals surface area contributed by atoms with Gasteiger partial charge in [-0.1, -0.05) is 41.5 Å². The van der Waals surface area contributed by atoms with Gasteiger partial charge in [-0.3, -0.25) is 9.10 Å². The fourth-order valence-corrected chi connectivity index (χ4v) is 4.68. The highest BCUT2D eigenvalue weighted by Gasteiger charge is 2.28. The highest BCUT2D eigenvalue weighted by Crippen LogP contribution is 2.27. The summed E-state index contributed by atoms with van der Waals surface area (Å²) in [5.74, 6) is 0.743. The summed E-state index contributed by atoms with van der Waals surface area (Å²) in [5.41, 5.74) is 2.40. The van der Waals surface area contributed by atoms with Crippen LogP contribution in [0, 0.1) is 13.8 Å². The summed E-state index contributed by atoms with van der Waals surface area (Å²) in [5, 5.41) is 2.82. The molecule has 180 valence electrons. The lowest BCUT2D eigenvalue weighted by molar-refractivity contribution is -0.120. The summed E-state index contributed by atoms with van der Waals surface area (Å²) in [6, 6.07) is 20.4. The highest BCUT2D eigenvalue weighted by atomic mass is 32.2. The van der Waals surface area contributed by atoms with E-state index >= 15 is 0 Å². The second-order valence-corrected chi connectivity index (χ2v) is 9.98. The molecule has 3 aromatic carbocycles. The Morgan fingerprint density at radius 1 is 0.941 bits per heavy atom. The van der Waals surface area contributed by atoms with Crippen molar-refractivity contribution in [2.75, 3.05) is 24.6 Å². The first-order valence-corrected chi connectivity index (χ1v) is 12.4. The average molecular weight is 483 g/mol. The SMILES string of the molecule is COc1cccc(N(CC(=O)NC(C)COc2ccc(C)cc2)S(=O)(=O)c2ccc(C)cc2)c1. The first-order chi connectivity index (χ1) is 16.2. The average Bonchev–Trinajstić information content (AvgIpc) is 2.82. The number of anilines is 1. The topological polar surface area (TPSA) is 84.9 Å². The van der Waals surface area contributed by atoms with Crippen LogP contribution in [-0.4, -0.2) is 40.6 Å². The Morgan fingerprint density at radius 2 is 1.56 bits per heavy atom. The lowest BCUT2D eigenvalue weighted by Gasteiger charge is -2.25. The number of methoxy groups -OCH3 is 1. The second-order valence-electron chi connectivity index (χ2n) is 8.12. The maximum atomic E-state index is 13.5. The molecule has 0 saturated carbocycles. The number of nitrogens with one attached hydrogen (secondary N) is 1. The summed E-state index contributed by atoms with van der Waals surface area (Å²) in [6.07, 6.45) is 0. The van der Waals surface area contributed by atoms with E-state index < -0.39 is 22.5 Å². The van der Waals surface area contributed by atoms with Crippen molar-refractivity contribution in [3.8, 4) is 11.5 Å². The van der Waals surface area contributed by atoms with Crippen molar-refractivity contribution in [3.63, 3.8) is 0 Å². The van der Waals surface area contributed by atoms with E-state index in [9.17, 15) is 13.2 Å². The van der Waals surface area contributed by atoms with Crippen molar-refractivity contribution in [2.45, 2.75) is 31.7 Å². The van der Waals surface area contributed by atoms with Crippen LogP contribution in [0.5, 0.6) is 11.5 Å². The molecule has 0 aromatic heterocycles. The molecule has 0 aliphatic heterocycles. The van der Waals surface area contributed by atoms with Gasteiger partial charge in [0.2, 0.25) is 5.91 Å². The van der Waals surface area contributed by atoms with E-state index in [4.69, 9.17) is 9.47 Å². The Kier molecular flexibility index (Phi) is 8.17. The molecule has 0 saturated heterocycles. The normalized spacial score (nSPS) is 12.0. The molecule has 0 bridgehead atoms. The third-order valence-corrected chi connectivity index (χ3v) is 6.95. The molecule has 3 aromatic rings. The molecular weight excluding hydrogens is 452 g/mol. The lowest BCUT2D eigenvalue weighted by atomic mass is 10.2. The summed E-state index contributed by atoms with van der Waals surface area (Å²) >= 11 is 0. The fourth-order valence-electron chi connectivity index (χ4n) is 3.27. The summed E-state index contributed by atoms with van der Waals surface area (Å²) < 4.78 is 39.0. The predicted molar refractivity (Wildman–Crippen MR) is 133 cm³/mol. The Bertz CT molecular complexity index is 1210. The zero-order valence-corrected chi connectivity index (χ0v) is 20.6. The van der Waals surface area contributed by atoms with E-state index in [1.54, 1.807) is 43.3 Å². The minimum atomic E-state index is -4.00. The number of hydrogen-bond donors (Lipinski definition) is 1. The van der Waals surface area contributed by atoms with Gasteiger partial charge in [-0.25, -0.2) is 8.42 Å². The summed E-state index contributed by atoms with van der Waals surface area (Å²) in [6.45, 7) is 5.53. The van der Waals surface area contributed by atoms with Crippen LogP contribution in [0.1, 0.15) is 18.1 Å². The number of hydrogen-bond acceptors (Lipinski definition) is 5. The molecular formula is C26H30N2O5S. The third-order valence-electron chi connectivity index (χ3n) is 5.17. The lowest BCUT2D eigenvalue weighted by Crippen LogP contribution is -2.45. The van der Waals surface area contributed by atoms with Crippen LogP contribution in [0.3, 0.4) is 0 Å². The molecule has 0 aliphatic rings. The van der Waals surface area contributed by atoms with Crippen LogP contribution in [0.15, 0.2) is 77.7 Å². The molecule has 1 unspecified atom stereocenters. The first kappa shape index (κ1) is 25.1. The molecule has 0 spiro atoms. The maximum Gasteiger partial charge on any atom is 0.264 e. The Hall–Kier alpha value is -3.52. The van der Waals surface area contributed by atoms with Crippen LogP contribution >= 0.6 is 0 Å². The molecule has 1 atom stereocenters. The Balaban J connectivity index is 1.77. The molecule has 0 heterocycles. The van der Waals surface area contributed by atoms with E-state index in [1.807, 2.05) is 38.1 Å². The largest absolute Gasteiger partial charge is 0.497 e. The molecule has 1 amide bonds. The Morgan fingerprint density at radius 3 is 2.18 bits per heavy atom. The molecule has 1 N–H and O–H groups in total. The van der Waals surface area contributed by atoms with Gasteiger partial charge in [-0.05, 0) is 57.2 Å². The molecule has 0 aliphatic carbocycles. The van der Waals surface area contributed by atoms with Crippen LogP contribution < -0.4 is 19.1 Å². The van der Waals surface area contributed by atoms with Gasteiger partial charge >= 0.3 is 0 Å². The van der Waals surface area contributed by atoms with E-state index in [0.29, 0.717) is 17.2 Å². The first-order valence-electron chi connectivity index (χ1n) is 10.9. The molecule has 3 rings (SSSR count). The van der Waals surface area contributed by atoms with Crippen molar-refractivity contribution < 1.29 is 22.7 Å². The van der Waals surface area contributed by atoms with E-state index in [2.05, 4.69) is 5.32 Å². The van der Waals surface area contributed by atoms with Gasteiger partial charge < -0.3 is 14.8 Å². The number of aryl methyl sites for hydroxylation is 2. The number of sulfonamides is 1. The van der Waals surface area contributed by atoms with Crippen LogP contribution in [0.2, 0.25) is 0 Å². The molecule has 0 radical (unpaired) electrons. The number of carbonyl (C=O) groups is 1. The number of nitrogens with zero attached hydrogens (tertiary/aromatic N) is 1. The number of benzene rings is 3. The highest BCUT2D eigenvalue weighted by molar-refractivity contribution is 7.92. The number of amides is 1. The van der Waals surface area contributed by atoms with Crippen molar-refractivity contribution in [1.29, 1.82) is 0 Å². The number of rotatable bonds is 10. The quantitative estimate of drug-likeness (QED) is 0.471. The Labute approximate surface area is 201 Å². The van der Waals surface area contributed by atoms with Gasteiger partial charge in [0, 0.05) is 6.07 Å². The zero-order chi connectivity index (χ0) is 24.7. The van der Waals surface area contributed by atoms with Crippen molar-refractivity contribution in [3.05, 3.63) is 83.9 Å². The van der Waals surface area contributed by atoms with Gasteiger partial charge in [0.1, 0.15) is 24.7 Å². The molecule has 7 nitrogen and oxygen atoms in total. The van der Waals surface area contributed by atoms with Gasteiger partial charge in [0.25, 0.3) is 10.0 Å². The van der Waals surface area contributed by atoms with E-state index in [0.717, 1.165) is 15.4 Å². The van der Waals surface area contributed by atoms with Crippen molar-refractivity contribution >= 4 is 21.6 Å².